The van der Waals surface area contributed by atoms with Crippen LogP contribution in [0, 0.1) is 0 Å². The smallest absolute Gasteiger partial charge is 0.360 e. The van der Waals surface area contributed by atoms with Gasteiger partial charge in [-0.25, -0.2) is 8.42 Å². The highest BCUT2D eigenvalue weighted by atomic mass is 32.2. The van der Waals surface area contributed by atoms with E-state index in [1.807, 2.05) is 0 Å². The number of fused-ring (bicyclic) bond motifs is 1. The number of nitrogens with one attached hydrogen (secondary N) is 1. The lowest BCUT2D eigenvalue weighted by molar-refractivity contribution is -0.137. The van der Waals surface area contributed by atoms with Crippen LogP contribution in [0.3, 0.4) is 0 Å². The average molecular weight is 464 g/mol. The second-order valence-electron chi connectivity index (χ2n) is 6.69. The molecule has 0 fully saturated rings. The maximum Gasteiger partial charge on any atom is 0.416 e. The first-order chi connectivity index (χ1) is 14.7. The van der Waals surface area contributed by atoms with Gasteiger partial charge in [-0.2, -0.15) is 13.2 Å². The zero-order valence-electron chi connectivity index (χ0n) is 15.8. The second-order valence-corrected chi connectivity index (χ2v) is 9.44. The predicted molar refractivity (Wildman–Crippen MR) is 113 cm³/mol. The third-order valence-corrected chi connectivity index (χ3v) is 7.31. The molecule has 1 aliphatic heterocycles. The first-order valence-electron chi connectivity index (χ1n) is 9.01. The monoisotopic (exact) mass is 464 g/mol. The Labute approximate surface area is 180 Å². The number of hydrogen-bond donors (Lipinski definition) is 1. The van der Waals surface area contributed by atoms with Crippen molar-refractivity contribution in [2.75, 3.05) is 9.62 Å². The van der Waals surface area contributed by atoms with Gasteiger partial charge in [0, 0.05) is 11.9 Å². The van der Waals surface area contributed by atoms with Crippen molar-refractivity contribution in [1.29, 1.82) is 0 Å². The van der Waals surface area contributed by atoms with Crippen LogP contribution in [0.5, 0.6) is 0 Å². The Morgan fingerprint density at radius 2 is 1.77 bits per heavy atom. The number of Topliss-reactive ketones (excluding diaryl/α,β-unsaturated/α-hetero) is 1. The van der Waals surface area contributed by atoms with Crippen LogP contribution >= 0.6 is 11.3 Å². The zero-order valence-corrected chi connectivity index (χ0v) is 17.4. The summed E-state index contributed by atoms with van der Waals surface area (Å²) in [5, 5.41) is 4.16. The number of carbonyl (C=O) groups excluding carboxylic acids is 1. The van der Waals surface area contributed by atoms with Crippen LogP contribution in [0.2, 0.25) is 0 Å². The van der Waals surface area contributed by atoms with Crippen LogP contribution in [0.4, 0.5) is 24.5 Å². The highest BCUT2D eigenvalue weighted by Crippen LogP contribution is 2.39. The van der Waals surface area contributed by atoms with Crippen LogP contribution in [0.25, 0.3) is 0 Å². The summed E-state index contributed by atoms with van der Waals surface area (Å²) in [4.78, 5) is 12.6. The van der Waals surface area contributed by atoms with Crippen LogP contribution in [0.1, 0.15) is 20.8 Å². The number of anilines is 2. The van der Waals surface area contributed by atoms with E-state index in [1.165, 1.54) is 12.1 Å². The number of nitrogens with zero attached hydrogens (tertiary/aromatic N) is 1. The van der Waals surface area contributed by atoms with Crippen LogP contribution in [-0.2, 0) is 22.7 Å². The Morgan fingerprint density at radius 1 is 1.03 bits per heavy atom. The molecule has 3 aromatic rings. The number of thiophene rings is 1. The number of rotatable bonds is 4. The molecule has 160 valence electrons. The number of halogens is 3. The number of hydrogen-bond acceptors (Lipinski definition) is 5. The number of benzene rings is 2. The van der Waals surface area contributed by atoms with E-state index in [0.717, 1.165) is 39.5 Å². The van der Waals surface area contributed by atoms with E-state index in [0.29, 0.717) is 0 Å². The molecular formula is C21H15F3N2O3S2. The normalized spacial score (nSPS) is 16.9. The molecule has 0 unspecified atom stereocenters. The molecule has 1 N–H and O–H groups in total. The molecule has 1 aliphatic rings. The van der Waals surface area contributed by atoms with Crippen molar-refractivity contribution in [3.05, 3.63) is 93.2 Å². The first-order valence-corrected chi connectivity index (χ1v) is 11.3. The molecule has 0 saturated heterocycles. The predicted octanol–water partition coefficient (Wildman–Crippen LogP) is 5.25. The minimum absolute atomic E-state index is 0.0110. The third-order valence-electron chi connectivity index (χ3n) is 4.64. The molecule has 0 radical (unpaired) electrons. The lowest BCUT2D eigenvalue weighted by atomic mass is 10.2. The maximum atomic E-state index is 13.3. The van der Waals surface area contributed by atoms with Crippen molar-refractivity contribution in [3.63, 3.8) is 0 Å². The van der Waals surface area contributed by atoms with Crippen LogP contribution in [-0.4, -0.2) is 14.2 Å². The molecular weight excluding hydrogens is 449 g/mol. The Kier molecular flexibility index (Phi) is 5.36. The standard InChI is InChI=1S/C21H15F3N2O3S2/c22-21(23,24)15-7-4-8-16(11-15)25-12-18-19(27)20-17(9-10-30-20)26(31(18,28)29)13-14-5-2-1-3-6-14/h1-12,25H,13H2/b18-12-. The highest BCUT2D eigenvalue weighted by molar-refractivity contribution is 7.97. The summed E-state index contributed by atoms with van der Waals surface area (Å²) in [6, 6.07) is 14.7. The molecule has 31 heavy (non-hydrogen) atoms. The van der Waals surface area contributed by atoms with Gasteiger partial charge in [-0.05, 0) is 35.2 Å². The van der Waals surface area contributed by atoms with E-state index in [4.69, 9.17) is 0 Å². The van der Waals surface area contributed by atoms with Crippen molar-refractivity contribution in [1.82, 2.24) is 0 Å². The number of alkyl halides is 3. The van der Waals surface area contributed by atoms with Gasteiger partial charge in [0.1, 0.15) is 4.88 Å². The van der Waals surface area contributed by atoms with E-state index in [9.17, 15) is 26.4 Å². The summed E-state index contributed by atoms with van der Waals surface area (Å²) in [6.07, 6.45) is -3.59. The van der Waals surface area contributed by atoms with E-state index in [1.54, 1.807) is 41.8 Å². The minimum atomic E-state index is -4.55. The fourth-order valence-electron chi connectivity index (χ4n) is 3.14. The molecule has 5 nitrogen and oxygen atoms in total. The van der Waals surface area contributed by atoms with E-state index >= 15 is 0 Å². The van der Waals surface area contributed by atoms with Crippen molar-refractivity contribution in [2.24, 2.45) is 0 Å². The first kappa shape index (κ1) is 21.1. The van der Waals surface area contributed by atoms with Gasteiger partial charge < -0.3 is 5.32 Å². The Hall–Kier alpha value is -3.11. The number of allylic oxidation sites excluding steroid dienone is 1. The van der Waals surface area contributed by atoms with Crippen molar-refractivity contribution in [2.45, 2.75) is 12.7 Å². The van der Waals surface area contributed by atoms with E-state index in [2.05, 4.69) is 5.32 Å². The Balaban J connectivity index is 1.72. The lowest BCUT2D eigenvalue weighted by Crippen LogP contribution is -2.38. The molecule has 4 rings (SSSR count). The summed E-state index contributed by atoms with van der Waals surface area (Å²) in [5.41, 5.74) is 0.134. The van der Waals surface area contributed by atoms with Crippen LogP contribution in [0.15, 0.2) is 77.1 Å². The van der Waals surface area contributed by atoms with E-state index < -0.39 is 32.5 Å². The second kappa shape index (κ2) is 7.86. The van der Waals surface area contributed by atoms with Gasteiger partial charge in [0.15, 0.2) is 4.91 Å². The molecule has 0 amide bonds. The van der Waals surface area contributed by atoms with Gasteiger partial charge >= 0.3 is 6.18 Å². The number of sulfonamides is 1. The Bertz CT molecular complexity index is 1270. The highest BCUT2D eigenvalue weighted by Gasteiger charge is 2.41. The summed E-state index contributed by atoms with van der Waals surface area (Å²) >= 11 is 1.11. The molecule has 0 spiro atoms. The third kappa shape index (κ3) is 4.08. The molecule has 0 atom stereocenters. The summed E-state index contributed by atoms with van der Waals surface area (Å²) < 4.78 is 66.5. The topological polar surface area (TPSA) is 66.5 Å². The Morgan fingerprint density at radius 3 is 2.48 bits per heavy atom. The summed E-state index contributed by atoms with van der Waals surface area (Å²) in [7, 11) is -4.24. The fourth-order valence-corrected chi connectivity index (χ4v) is 5.62. The van der Waals surface area contributed by atoms with Crippen molar-refractivity contribution >= 4 is 38.5 Å². The average Bonchev–Trinajstić information content (AvgIpc) is 3.21. The molecule has 10 heteroatoms. The summed E-state index contributed by atoms with van der Waals surface area (Å²) in [5.74, 6) is -0.700. The van der Waals surface area contributed by atoms with Gasteiger partial charge in [0.25, 0.3) is 10.0 Å². The SMILES string of the molecule is O=C1/C(=C/Nc2cccc(C(F)(F)F)c2)S(=O)(=O)N(Cc2ccccc2)c2ccsc21. The maximum absolute atomic E-state index is 13.3. The van der Waals surface area contributed by atoms with Crippen molar-refractivity contribution < 1.29 is 26.4 Å². The van der Waals surface area contributed by atoms with Gasteiger partial charge in [-0.15, -0.1) is 11.3 Å². The quantitative estimate of drug-likeness (QED) is 0.536. The van der Waals surface area contributed by atoms with Crippen LogP contribution < -0.4 is 9.62 Å². The number of ketones is 1. The largest absolute Gasteiger partial charge is 0.416 e. The molecule has 2 heterocycles. The van der Waals surface area contributed by atoms with Crippen molar-refractivity contribution in [3.8, 4) is 0 Å². The molecule has 0 bridgehead atoms. The lowest BCUT2D eigenvalue weighted by Gasteiger charge is -2.29. The number of carbonyl (C=O) groups is 1. The fraction of sp³-hybridized carbons (Fsp3) is 0.0952. The molecule has 0 aliphatic carbocycles. The van der Waals surface area contributed by atoms with E-state index in [-0.39, 0.29) is 22.8 Å². The van der Waals surface area contributed by atoms with Gasteiger partial charge in [-0.1, -0.05) is 36.4 Å². The molecule has 1 aromatic heterocycles. The molecule has 0 saturated carbocycles. The van der Waals surface area contributed by atoms with Gasteiger partial charge in [0.05, 0.1) is 17.8 Å². The molecule has 2 aromatic carbocycles. The zero-order chi connectivity index (χ0) is 22.2. The summed E-state index contributed by atoms with van der Waals surface area (Å²) in [6.45, 7) is 0.0150. The van der Waals surface area contributed by atoms with Gasteiger partial charge in [0.2, 0.25) is 5.78 Å². The van der Waals surface area contributed by atoms with Gasteiger partial charge in [-0.3, -0.25) is 9.10 Å². The minimum Gasteiger partial charge on any atom is -0.360 e.